The van der Waals surface area contributed by atoms with Crippen LogP contribution in [0.4, 0.5) is 10.5 Å². The van der Waals surface area contributed by atoms with Crippen LogP contribution in [-0.4, -0.2) is 36.3 Å². The Balaban J connectivity index is 2.03. The van der Waals surface area contributed by atoms with E-state index in [9.17, 15) is 4.79 Å². The summed E-state index contributed by atoms with van der Waals surface area (Å²) in [5.41, 5.74) is 9.37. The van der Waals surface area contributed by atoms with Crippen molar-refractivity contribution in [2.75, 3.05) is 19.7 Å². The maximum atomic E-state index is 12.1. The largest absolute Gasteiger partial charge is 0.444 e. The molecule has 1 heterocycles. The van der Waals surface area contributed by atoms with Crippen LogP contribution in [0.1, 0.15) is 32.4 Å². The first-order valence-electron chi connectivity index (χ1n) is 7.13. The van der Waals surface area contributed by atoms with Gasteiger partial charge in [-0.25, -0.2) is 4.79 Å². The molecule has 1 aliphatic rings. The second-order valence-corrected chi connectivity index (χ2v) is 6.07. The first kappa shape index (κ1) is 16.1. The number of benzene rings is 1. The van der Waals surface area contributed by atoms with E-state index in [1.54, 1.807) is 17.0 Å². The van der Waals surface area contributed by atoms with Crippen molar-refractivity contribution >= 4 is 11.8 Å². The van der Waals surface area contributed by atoms with Gasteiger partial charge in [0.15, 0.2) is 0 Å². The quantitative estimate of drug-likeness (QED) is 0.471. The molecule has 0 saturated carbocycles. The summed E-state index contributed by atoms with van der Waals surface area (Å²) >= 11 is 0. The number of azide groups is 1. The number of carbonyl (C=O) groups is 1. The van der Waals surface area contributed by atoms with Crippen molar-refractivity contribution in [2.24, 2.45) is 5.11 Å². The number of hydrogen-bond donors (Lipinski definition) is 0. The summed E-state index contributed by atoms with van der Waals surface area (Å²) in [4.78, 5) is 16.5. The highest BCUT2D eigenvalue weighted by molar-refractivity contribution is 5.68. The van der Waals surface area contributed by atoms with Gasteiger partial charge in [0.05, 0.1) is 13.2 Å². The molecule has 22 heavy (non-hydrogen) atoms. The number of hydrogen-bond acceptors (Lipinski definition) is 4. The number of rotatable bonds is 2. The summed E-state index contributed by atoms with van der Waals surface area (Å²) in [6.45, 7) is 6.95. The maximum Gasteiger partial charge on any atom is 0.410 e. The fourth-order valence-corrected chi connectivity index (χ4v) is 2.15. The number of carbonyl (C=O) groups excluding carboxylic acids is 1. The van der Waals surface area contributed by atoms with E-state index in [0.717, 1.165) is 5.56 Å². The highest BCUT2D eigenvalue weighted by Gasteiger charge is 2.28. The van der Waals surface area contributed by atoms with E-state index in [1.165, 1.54) is 0 Å². The Morgan fingerprint density at radius 1 is 1.41 bits per heavy atom. The molecule has 0 radical (unpaired) electrons. The lowest BCUT2D eigenvalue weighted by atomic mass is 10.1. The molecule has 1 atom stereocenters. The Kier molecular flexibility index (Phi) is 4.90. The monoisotopic (exact) mass is 304 g/mol. The number of morpholine rings is 1. The van der Waals surface area contributed by atoms with Gasteiger partial charge in [0.2, 0.25) is 0 Å². The molecule has 7 heteroatoms. The number of amides is 1. The molecule has 0 bridgehead atoms. The van der Waals surface area contributed by atoms with E-state index in [4.69, 9.17) is 15.0 Å². The van der Waals surface area contributed by atoms with E-state index in [0.29, 0.717) is 25.4 Å². The van der Waals surface area contributed by atoms with Crippen molar-refractivity contribution in [1.82, 2.24) is 4.90 Å². The molecule has 0 aliphatic carbocycles. The van der Waals surface area contributed by atoms with E-state index in [1.807, 2.05) is 32.9 Å². The number of ether oxygens (including phenoxy) is 2. The zero-order chi connectivity index (χ0) is 16.2. The summed E-state index contributed by atoms with van der Waals surface area (Å²) in [5.74, 6) is 0. The van der Waals surface area contributed by atoms with Gasteiger partial charge >= 0.3 is 6.09 Å². The molecule has 0 N–H and O–H groups in total. The smallest absolute Gasteiger partial charge is 0.410 e. The molecule has 1 aromatic rings. The van der Waals surface area contributed by atoms with E-state index < -0.39 is 5.60 Å². The van der Waals surface area contributed by atoms with Crippen LogP contribution in [-0.2, 0) is 9.47 Å². The first-order valence-corrected chi connectivity index (χ1v) is 7.13. The van der Waals surface area contributed by atoms with Crippen LogP contribution in [0, 0.1) is 0 Å². The second kappa shape index (κ2) is 6.68. The fraction of sp³-hybridized carbons (Fsp3) is 0.533. The molecule has 1 unspecified atom stereocenters. The van der Waals surface area contributed by atoms with Crippen molar-refractivity contribution in [3.63, 3.8) is 0 Å². The van der Waals surface area contributed by atoms with Crippen molar-refractivity contribution in [1.29, 1.82) is 0 Å². The third-order valence-electron chi connectivity index (χ3n) is 3.14. The third kappa shape index (κ3) is 4.38. The molecule has 1 saturated heterocycles. The van der Waals surface area contributed by atoms with Gasteiger partial charge in [0.25, 0.3) is 0 Å². The number of nitrogens with zero attached hydrogens (tertiary/aromatic N) is 4. The summed E-state index contributed by atoms with van der Waals surface area (Å²) < 4.78 is 11.1. The Morgan fingerprint density at radius 3 is 2.68 bits per heavy atom. The second-order valence-electron chi connectivity index (χ2n) is 6.07. The van der Waals surface area contributed by atoms with Crippen LogP contribution in [0.15, 0.2) is 29.4 Å². The lowest BCUT2D eigenvalue weighted by Crippen LogP contribution is -2.44. The molecular weight excluding hydrogens is 284 g/mol. The molecule has 1 aromatic carbocycles. The van der Waals surface area contributed by atoms with Crippen LogP contribution in [0.25, 0.3) is 10.4 Å². The molecule has 118 valence electrons. The Bertz CT molecular complexity index is 573. The summed E-state index contributed by atoms with van der Waals surface area (Å²) in [7, 11) is 0. The minimum Gasteiger partial charge on any atom is -0.444 e. The van der Waals surface area contributed by atoms with Gasteiger partial charge < -0.3 is 14.4 Å². The Morgan fingerprint density at radius 2 is 2.09 bits per heavy atom. The van der Waals surface area contributed by atoms with Crippen molar-refractivity contribution in [2.45, 2.75) is 32.5 Å². The van der Waals surface area contributed by atoms with Crippen LogP contribution in [0.2, 0.25) is 0 Å². The first-order chi connectivity index (χ1) is 10.4. The van der Waals surface area contributed by atoms with Gasteiger partial charge in [-0.1, -0.05) is 29.4 Å². The van der Waals surface area contributed by atoms with Gasteiger partial charge in [-0.05, 0) is 31.9 Å². The highest BCUT2D eigenvalue weighted by atomic mass is 16.6. The predicted octanol–water partition coefficient (Wildman–Crippen LogP) is 3.94. The summed E-state index contributed by atoms with van der Waals surface area (Å²) in [5, 5.41) is 3.53. The van der Waals surface area contributed by atoms with Gasteiger partial charge in [0, 0.05) is 17.1 Å². The van der Waals surface area contributed by atoms with Crippen LogP contribution in [0.5, 0.6) is 0 Å². The zero-order valence-corrected chi connectivity index (χ0v) is 13.0. The molecule has 7 nitrogen and oxygen atoms in total. The van der Waals surface area contributed by atoms with Crippen LogP contribution in [0.3, 0.4) is 0 Å². The summed E-state index contributed by atoms with van der Waals surface area (Å²) in [6.07, 6.45) is -0.534. The van der Waals surface area contributed by atoms with Crippen molar-refractivity contribution < 1.29 is 14.3 Å². The third-order valence-corrected chi connectivity index (χ3v) is 3.14. The van der Waals surface area contributed by atoms with Gasteiger partial charge in [-0.15, -0.1) is 0 Å². The molecule has 1 aliphatic heterocycles. The molecular formula is C15H20N4O3. The maximum absolute atomic E-state index is 12.1. The van der Waals surface area contributed by atoms with Gasteiger partial charge in [-0.2, -0.15) is 0 Å². The average Bonchev–Trinajstić information content (AvgIpc) is 2.47. The highest BCUT2D eigenvalue weighted by Crippen LogP contribution is 2.25. The molecule has 0 spiro atoms. The standard InChI is InChI=1S/C15H20N4O3/c1-15(2,3)22-14(20)19-8-9-21-13(10-19)11-4-6-12(7-5-11)17-18-16/h4-7,13H,8-10H2,1-3H3. The minimum atomic E-state index is -0.512. The molecule has 1 amide bonds. The van der Waals surface area contributed by atoms with Crippen molar-refractivity contribution in [3.8, 4) is 0 Å². The predicted molar refractivity (Wildman–Crippen MR) is 81.7 cm³/mol. The van der Waals surface area contributed by atoms with Gasteiger partial charge in [-0.3, -0.25) is 0 Å². The fourth-order valence-electron chi connectivity index (χ4n) is 2.15. The molecule has 0 aromatic heterocycles. The van der Waals surface area contributed by atoms with E-state index in [-0.39, 0.29) is 12.2 Å². The molecule has 2 rings (SSSR count). The summed E-state index contributed by atoms with van der Waals surface area (Å²) in [6, 6.07) is 7.14. The van der Waals surface area contributed by atoms with Crippen LogP contribution >= 0.6 is 0 Å². The van der Waals surface area contributed by atoms with E-state index >= 15 is 0 Å². The minimum absolute atomic E-state index is 0.207. The topological polar surface area (TPSA) is 87.5 Å². The van der Waals surface area contributed by atoms with Crippen molar-refractivity contribution in [3.05, 3.63) is 40.3 Å². The average molecular weight is 304 g/mol. The lowest BCUT2D eigenvalue weighted by Gasteiger charge is -2.34. The van der Waals surface area contributed by atoms with Gasteiger partial charge in [0.1, 0.15) is 11.7 Å². The van der Waals surface area contributed by atoms with Crippen LogP contribution < -0.4 is 0 Å². The lowest BCUT2D eigenvalue weighted by molar-refractivity contribution is -0.0432. The van der Waals surface area contributed by atoms with E-state index in [2.05, 4.69) is 10.0 Å². The Hall–Kier alpha value is -2.24. The molecule has 1 fully saturated rings. The normalized spacial score (nSPS) is 18.5. The Labute approximate surface area is 129 Å². The zero-order valence-electron chi connectivity index (χ0n) is 13.0. The SMILES string of the molecule is CC(C)(C)OC(=O)N1CCOC(c2ccc(N=[N+]=[N-])cc2)C1.